The lowest BCUT2D eigenvalue weighted by Crippen LogP contribution is -1.95. The second-order valence-corrected chi connectivity index (χ2v) is 15.3. The van der Waals surface area contributed by atoms with Gasteiger partial charge in [-0.05, 0) is 97.0 Å². The van der Waals surface area contributed by atoms with Crippen molar-refractivity contribution in [2.24, 2.45) is 0 Å². The maximum Gasteiger partial charge on any atom is 0.189 e. The zero-order chi connectivity index (χ0) is 39.0. The van der Waals surface area contributed by atoms with Crippen molar-refractivity contribution in [1.29, 1.82) is 0 Å². The highest BCUT2D eigenvalue weighted by molar-refractivity contribution is 6.30. The number of pyridine rings is 1. The van der Waals surface area contributed by atoms with Crippen molar-refractivity contribution in [3.05, 3.63) is 212 Å². The Balaban J connectivity index is 1.19. The molecule has 0 spiro atoms. The number of para-hydroxylation sites is 2. The molecule has 3 heteroatoms. The van der Waals surface area contributed by atoms with Gasteiger partial charge in [0.15, 0.2) is 5.69 Å². The zero-order valence-electron chi connectivity index (χ0n) is 31.9. The quantitative estimate of drug-likeness (QED) is 0.0998. The van der Waals surface area contributed by atoms with Gasteiger partial charge >= 0.3 is 0 Å². The minimum Gasteiger partial charge on any atom is -0.311 e. The molecular weight excluding hydrogens is 715 g/mol. The lowest BCUT2D eigenvalue weighted by Gasteiger charge is -2.21. The maximum absolute atomic E-state index is 7.79. The van der Waals surface area contributed by atoms with Gasteiger partial charge in [-0.1, -0.05) is 158 Å². The van der Waals surface area contributed by atoms with Crippen LogP contribution in [0, 0.1) is 6.57 Å². The van der Waals surface area contributed by atoms with E-state index < -0.39 is 0 Å². The number of rotatable bonds is 4. The molecule has 0 aliphatic carbocycles. The molecule has 0 amide bonds. The zero-order valence-corrected chi connectivity index (χ0v) is 31.9. The fourth-order valence-electron chi connectivity index (χ4n) is 9.66. The van der Waals surface area contributed by atoms with Crippen LogP contribution in [0.5, 0.6) is 0 Å². The molecule has 12 aromatic rings. The lowest BCUT2D eigenvalue weighted by molar-refractivity contribution is 1.18. The first-order chi connectivity index (χ1) is 29.2. The minimum absolute atomic E-state index is 0.631. The van der Waals surface area contributed by atoms with E-state index in [1.807, 2.05) is 18.2 Å². The first-order valence-corrected chi connectivity index (χ1v) is 20.0. The van der Waals surface area contributed by atoms with Crippen molar-refractivity contribution in [2.75, 3.05) is 0 Å². The van der Waals surface area contributed by atoms with Crippen LogP contribution in [-0.2, 0) is 0 Å². The van der Waals surface area contributed by atoms with E-state index in [1.54, 1.807) is 0 Å². The van der Waals surface area contributed by atoms with E-state index in [0.29, 0.717) is 5.69 Å². The molecule has 0 saturated heterocycles. The van der Waals surface area contributed by atoms with Gasteiger partial charge in [0.25, 0.3) is 0 Å². The van der Waals surface area contributed by atoms with Crippen LogP contribution in [0.4, 0.5) is 5.69 Å². The van der Waals surface area contributed by atoms with Crippen molar-refractivity contribution in [3.8, 4) is 39.2 Å². The van der Waals surface area contributed by atoms with Gasteiger partial charge in [-0.25, -0.2) is 9.83 Å². The van der Waals surface area contributed by atoms with Gasteiger partial charge in [0.2, 0.25) is 0 Å². The van der Waals surface area contributed by atoms with E-state index in [1.165, 1.54) is 54.4 Å². The Morgan fingerprint density at radius 3 is 1.68 bits per heavy atom. The van der Waals surface area contributed by atoms with Crippen LogP contribution >= 0.6 is 0 Å². The molecule has 59 heavy (non-hydrogen) atoms. The Labute approximate surface area is 340 Å². The van der Waals surface area contributed by atoms with Gasteiger partial charge in [0.1, 0.15) is 0 Å². The van der Waals surface area contributed by atoms with E-state index in [2.05, 4.69) is 191 Å². The Morgan fingerprint density at radius 2 is 0.983 bits per heavy atom. The van der Waals surface area contributed by atoms with E-state index in [9.17, 15) is 0 Å². The normalized spacial score (nSPS) is 11.7. The van der Waals surface area contributed by atoms with Gasteiger partial charge in [0, 0.05) is 43.7 Å². The highest BCUT2D eigenvalue weighted by atomic mass is 15.0. The summed E-state index contributed by atoms with van der Waals surface area (Å²) in [4.78, 5) is 9.15. The van der Waals surface area contributed by atoms with Crippen LogP contribution in [0.3, 0.4) is 0 Å². The number of hydrogen-bond donors (Lipinski definition) is 0. The summed E-state index contributed by atoms with van der Waals surface area (Å²) in [5.41, 5.74) is 11.7. The van der Waals surface area contributed by atoms with Crippen molar-refractivity contribution in [2.45, 2.75) is 0 Å². The minimum atomic E-state index is 0.631. The number of nitrogens with zero attached hydrogens (tertiary/aromatic N) is 3. The van der Waals surface area contributed by atoms with E-state index >= 15 is 0 Å². The second kappa shape index (κ2) is 13.0. The number of aromatic nitrogens is 2. The van der Waals surface area contributed by atoms with Crippen LogP contribution in [0.2, 0.25) is 0 Å². The summed E-state index contributed by atoms with van der Waals surface area (Å²) >= 11 is 0. The van der Waals surface area contributed by atoms with Crippen molar-refractivity contribution >= 4 is 81.5 Å². The Bertz CT molecular complexity index is 3670. The third kappa shape index (κ3) is 4.97. The second-order valence-electron chi connectivity index (χ2n) is 15.3. The third-order valence-corrected chi connectivity index (χ3v) is 12.1. The van der Waals surface area contributed by atoms with Crippen molar-refractivity contribution < 1.29 is 0 Å². The van der Waals surface area contributed by atoms with Crippen LogP contribution in [0.1, 0.15) is 0 Å². The summed E-state index contributed by atoms with van der Waals surface area (Å²) in [6.07, 6.45) is 0. The largest absolute Gasteiger partial charge is 0.311 e. The highest BCUT2D eigenvalue weighted by Crippen LogP contribution is 2.49. The monoisotopic (exact) mass is 747 g/mol. The summed E-state index contributed by atoms with van der Waals surface area (Å²) in [6, 6.07) is 71.7. The molecule has 0 atom stereocenters. The fraction of sp³-hybridized carbons (Fsp3) is 0. The maximum atomic E-state index is 7.79. The predicted molar refractivity (Wildman–Crippen MR) is 249 cm³/mol. The molecule has 0 radical (unpaired) electrons. The van der Waals surface area contributed by atoms with E-state index in [0.717, 1.165) is 60.6 Å². The molecule has 3 nitrogen and oxygen atoms in total. The summed E-state index contributed by atoms with van der Waals surface area (Å²) < 4.78 is 2.29. The Morgan fingerprint density at radius 1 is 0.390 bits per heavy atom. The van der Waals surface area contributed by atoms with Gasteiger partial charge in [0.05, 0.1) is 23.3 Å². The van der Waals surface area contributed by atoms with Gasteiger partial charge < -0.3 is 4.57 Å². The van der Waals surface area contributed by atoms with Crippen LogP contribution < -0.4 is 0 Å². The molecule has 2 aromatic heterocycles. The van der Waals surface area contributed by atoms with Crippen molar-refractivity contribution in [3.63, 3.8) is 0 Å². The average Bonchev–Trinajstić information content (AvgIpc) is 3.63. The van der Waals surface area contributed by atoms with Crippen LogP contribution in [0.15, 0.2) is 200 Å². The van der Waals surface area contributed by atoms with E-state index in [-0.39, 0.29) is 0 Å². The molecule has 0 aliphatic heterocycles. The van der Waals surface area contributed by atoms with Gasteiger partial charge in [-0.2, -0.15) is 0 Å². The molecular formula is C56H33N3. The molecule has 0 N–H and O–H groups in total. The van der Waals surface area contributed by atoms with Crippen molar-refractivity contribution in [1.82, 2.24) is 9.55 Å². The van der Waals surface area contributed by atoms with Gasteiger partial charge in [-0.3, -0.25) is 0 Å². The molecule has 272 valence electrons. The first kappa shape index (κ1) is 33.1. The molecule has 0 aliphatic rings. The standard InChI is InChI=1S/C56H33N3/c1-57-37-29-30-40-47-32-36(28-31-51(47)59(52(40)33-37)38-18-6-3-7-19-38)53-42-22-10-12-24-44(42)54(45-25-13-11-23-43(45)53)48-34-49-55(41-21-9-8-20-39(41)48)46-26-14-15-27-50(46)58-56(49)35-16-4-2-5-17-35/h2-34H. The molecule has 2 heterocycles. The van der Waals surface area contributed by atoms with Crippen LogP contribution in [-0.4, -0.2) is 9.55 Å². The topological polar surface area (TPSA) is 22.2 Å². The molecule has 0 saturated carbocycles. The highest BCUT2D eigenvalue weighted by Gasteiger charge is 2.22. The summed E-state index contributed by atoms with van der Waals surface area (Å²) in [7, 11) is 0. The predicted octanol–water partition coefficient (Wildman–Crippen LogP) is 15.5. The molecule has 0 bridgehead atoms. The number of hydrogen-bond acceptors (Lipinski definition) is 1. The Kier molecular flexibility index (Phi) is 7.29. The molecule has 10 aromatic carbocycles. The summed E-state index contributed by atoms with van der Waals surface area (Å²) in [6.45, 7) is 7.79. The molecule has 0 fully saturated rings. The first-order valence-electron chi connectivity index (χ1n) is 20.0. The Hall–Kier alpha value is -8.06. The number of benzene rings is 10. The fourth-order valence-corrected chi connectivity index (χ4v) is 9.66. The lowest BCUT2D eigenvalue weighted by atomic mass is 9.83. The smallest absolute Gasteiger partial charge is 0.189 e. The molecule has 12 rings (SSSR count). The summed E-state index contributed by atoms with van der Waals surface area (Å²) in [5, 5.41) is 13.0. The summed E-state index contributed by atoms with van der Waals surface area (Å²) in [5.74, 6) is 0. The van der Waals surface area contributed by atoms with Crippen LogP contribution in [0.25, 0.3) is 120 Å². The SMILES string of the molecule is [C-]#[N+]c1ccc2c3cc(-c4c5ccccc5c(-c5cc6c(-c7ccccc7)nc7ccccc7c6c6ccccc56)c5ccccc45)ccc3n(-c3ccccc3)c2c1. The average molecular weight is 748 g/mol. The third-order valence-electron chi connectivity index (χ3n) is 12.1. The molecule has 0 unspecified atom stereocenters. The van der Waals surface area contributed by atoms with E-state index in [4.69, 9.17) is 11.6 Å². The van der Waals surface area contributed by atoms with Gasteiger partial charge in [-0.15, -0.1) is 0 Å². The number of fused-ring (bicyclic) bond motifs is 10.